The zero-order chi connectivity index (χ0) is 19.5. The Morgan fingerprint density at radius 1 is 1.12 bits per heavy atom. The molecular weight excluding hydrogens is 334 g/mol. The highest BCUT2D eigenvalue weighted by atomic mass is 16.6. The molecule has 0 aromatic heterocycles. The van der Waals surface area contributed by atoms with Gasteiger partial charge in [0.05, 0.1) is 18.2 Å². The van der Waals surface area contributed by atoms with Gasteiger partial charge in [-0.05, 0) is 54.4 Å². The number of rotatable bonds is 3. The van der Waals surface area contributed by atoms with Crippen molar-refractivity contribution in [3.8, 4) is 0 Å². The number of piperidine rings is 1. The van der Waals surface area contributed by atoms with Gasteiger partial charge in [0.25, 0.3) is 0 Å². The Hall–Kier alpha value is -1.34. The minimum atomic E-state index is -0.488. The summed E-state index contributed by atoms with van der Waals surface area (Å²) in [4.78, 5) is 28.9. The zero-order valence-corrected chi connectivity index (χ0v) is 17.1. The van der Waals surface area contributed by atoms with E-state index in [0.29, 0.717) is 13.1 Å². The van der Waals surface area contributed by atoms with Gasteiger partial charge in [0, 0.05) is 32.2 Å². The van der Waals surface area contributed by atoms with Gasteiger partial charge in [-0.15, -0.1) is 0 Å². The van der Waals surface area contributed by atoms with Gasteiger partial charge in [-0.25, -0.2) is 4.79 Å². The molecule has 2 saturated heterocycles. The van der Waals surface area contributed by atoms with Gasteiger partial charge in [-0.1, -0.05) is 0 Å². The monoisotopic (exact) mass is 369 g/mol. The van der Waals surface area contributed by atoms with Crippen LogP contribution in [0.1, 0.15) is 54.4 Å². The van der Waals surface area contributed by atoms with Crippen LogP contribution < -0.4 is 5.32 Å². The highest BCUT2D eigenvalue weighted by molar-refractivity contribution is 5.81. The molecule has 7 nitrogen and oxygen atoms in total. The summed E-state index contributed by atoms with van der Waals surface area (Å²) in [7, 11) is 0. The van der Waals surface area contributed by atoms with Gasteiger partial charge in [-0.2, -0.15) is 0 Å². The van der Waals surface area contributed by atoms with Crippen LogP contribution >= 0.6 is 0 Å². The molecule has 7 heteroatoms. The largest absolute Gasteiger partial charge is 0.444 e. The van der Waals surface area contributed by atoms with E-state index in [9.17, 15) is 9.59 Å². The highest BCUT2D eigenvalue weighted by Crippen LogP contribution is 2.18. The van der Waals surface area contributed by atoms with E-state index >= 15 is 0 Å². The van der Waals surface area contributed by atoms with E-state index in [-0.39, 0.29) is 36.3 Å². The number of hydrogen-bond acceptors (Lipinski definition) is 5. The number of morpholine rings is 1. The van der Waals surface area contributed by atoms with E-state index in [1.165, 1.54) is 0 Å². The van der Waals surface area contributed by atoms with E-state index in [2.05, 4.69) is 10.2 Å². The summed E-state index contributed by atoms with van der Waals surface area (Å²) in [6.07, 6.45) is 1.45. The molecular formula is C19H35N3O4. The summed E-state index contributed by atoms with van der Waals surface area (Å²) >= 11 is 0. The van der Waals surface area contributed by atoms with Gasteiger partial charge < -0.3 is 19.7 Å². The molecule has 0 saturated carbocycles. The van der Waals surface area contributed by atoms with Gasteiger partial charge in [0.2, 0.25) is 5.91 Å². The summed E-state index contributed by atoms with van der Waals surface area (Å²) in [5, 5.41) is 2.94. The SMILES string of the molecule is CC1CN(C(=O)C(C)N2CCC(NC(=O)OC(C)(C)C)CC2)CC(C)O1. The van der Waals surface area contributed by atoms with Crippen LogP contribution in [0.15, 0.2) is 0 Å². The van der Waals surface area contributed by atoms with Crippen LogP contribution in [0.3, 0.4) is 0 Å². The maximum absolute atomic E-state index is 12.8. The fourth-order valence-electron chi connectivity index (χ4n) is 3.68. The standard InChI is InChI=1S/C19H35N3O4/c1-13-11-22(12-14(2)25-13)17(23)15(3)21-9-7-16(8-10-21)20-18(24)26-19(4,5)6/h13-16H,7-12H2,1-6H3,(H,20,24). The Morgan fingerprint density at radius 3 is 2.15 bits per heavy atom. The number of amides is 2. The number of carbonyl (C=O) groups excluding carboxylic acids is 2. The molecule has 2 heterocycles. The number of hydrogen-bond donors (Lipinski definition) is 1. The Morgan fingerprint density at radius 2 is 1.65 bits per heavy atom. The van der Waals surface area contributed by atoms with Crippen LogP contribution in [0.5, 0.6) is 0 Å². The van der Waals surface area contributed by atoms with Crippen LogP contribution in [-0.2, 0) is 14.3 Å². The second kappa shape index (κ2) is 8.57. The lowest BCUT2D eigenvalue weighted by atomic mass is 10.0. The van der Waals surface area contributed by atoms with E-state index < -0.39 is 5.60 Å². The van der Waals surface area contributed by atoms with Crippen molar-refractivity contribution in [3.05, 3.63) is 0 Å². The van der Waals surface area contributed by atoms with Gasteiger partial charge >= 0.3 is 6.09 Å². The summed E-state index contributed by atoms with van der Waals surface area (Å²) in [5.41, 5.74) is -0.488. The Balaban J connectivity index is 1.79. The number of alkyl carbamates (subject to hydrolysis) is 1. The molecule has 1 N–H and O–H groups in total. The maximum atomic E-state index is 12.8. The molecule has 0 radical (unpaired) electrons. The molecule has 2 aliphatic rings. The van der Waals surface area contributed by atoms with E-state index in [1.807, 2.05) is 46.4 Å². The molecule has 2 amide bonds. The summed E-state index contributed by atoms with van der Waals surface area (Å²) in [6.45, 7) is 14.5. The molecule has 3 atom stereocenters. The third kappa shape index (κ3) is 6.13. The molecule has 2 aliphatic heterocycles. The maximum Gasteiger partial charge on any atom is 0.407 e. The van der Waals surface area contributed by atoms with E-state index in [0.717, 1.165) is 25.9 Å². The van der Waals surface area contributed by atoms with E-state index in [4.69, 9.17) is 9.47 Å². The van der Waals surface area contributed by atoms with Gasteiger partial charge in [0.1, 0.15) is 5.60 Å². The van der Waals surface area contributed by atoms with Crippen molar-refractivity contribution in [1.29, 1.82) is 0 Å². The normalized spacial score (nSPS) is 27.1. The lowest BCUT2D eigenvalue weighted by Crippen LogP contribution is -2.56. The number of nitrogens with one attached hydrogen (secondary N) is 1. The van der Waals surface area contributed by atoms with Crippen LogP contribution in [0, 0.1) is 0 Å². The van der Waals surface area contributed by atoms with Gasteiger partial charge in [-0.3, -0.25) is 9.69 Å². The topological polar surface area (TPSA) is 71.1 Å². The van der Waals surface area contributed by atoms with Crippen LogP contribution in [0.2, 0.25) is 0 Å². The molecule has 0 aromatic rings. The first kappa shape index (κ1) is 21.0. The minimum Gasteiger partial charge on any atom is -0.444 e. The molecule has 150 valence electrons. The first-order valence-corrected chi connectivity index (χ1v) is 9.73. The average Bonchev–Trinajstić information content (AvgIpc) is 2.51. The molecule has 0 spiro atoms. The summed E-state index contributed by atoms with van der Waals surface area (Å²) in [5.74, 6) is 0.172. The van der Waals surface area contributed by atoms with Gasteiger partial charge in [0.15, 0.2) is 0 Å². The average molecular weight is 370 g/mol. The quantitative estimate of drug-likeness (QED) is 0.824. The number of likely N-dealkylation sites (tertiary alicyclic amines) is 1. The first-order chi connectivity index (χ1) is 12.0. The molecule has 2 fully saturated rings. The molecule has 0 aromatic carbocycles. The van der Waals surface area contributed by atoms with Crippen molar-refractivity contribution in [2.45, 2.75) is 84.3 Å². The smallest absolute Gasteiger partial charge is 0.407 e. The van der Waals surface area contributed by atoms with Crippen LogP contribution in [0.25, 0.3) is 0 Å². The summed E-state index contributed by atoms with van der Waals surface area (Å²) < 4.78 is 11.0. The molecule has 0 bridgehead atoms. The highest BCUT2D eigenvalue weighted by Gasteiger charge is 2.33. The Bertz CT molecular complexity index is 488. The summed E-state index contributed by atoms with van der Waals surface area (Å²) in [6, 6.07) is -0.0400. The Kier molecular flexibility index (Phi) is 6.91. The van der Waals surface area contributed by atoms with Crippen molar-refractivity contribution in [2.24, 2.45) is 0 Å². The lowest BCUT2D eigenvalue weighted by Gasteiger charge is -2.40. The predicted molar refractivity (Wildman–Crippen MR) is 100 cm³/mol. The Labute approximate surface area is 157 Å². The zero-order valence-electron chi connectivity index (χ0n) is 17.1. The fourth-order valence-corrected chi connectivity index (χ4v) is 3.68. The van der Waals surface area contributed by atoms with Crippen LogP contribution in [-0.4, -0.2) is 77.9 Å². The molecule has 3 unspecified atom stereocenters. The molecule has 0 aliphatic carbocycles. The second-order valence-electron chi connectivity index (χ2n) is 8.63. The van der Waals surface area contributed by atoms with E-state index in [1.54, 1.807) is 0 Å². The first-order valence-electron chi connectivity index (χ1n) is 9.73. The third-order valence-corrected chi connectivity index (χ3v) is 4.89. The molecule has 2 rings (SSSR count). The number of ether oxygens (including phenoxy) is 2. The van der Waals surface area contributed by atoms with Crippen molar-refractivity contribution < 1.29 is 19.1 Å². The minimum absolute atomic E-state index is 0.0821. The van der Waals surface area contributed by atoms with Crippen molar-refractivity contribution in [2.75, 3.05) is 26.2 Å². The lowest BCUT2D eigenvalue weighted by molar-refractivity contribution is -0.148. The molecule has 26 heavy (non-hydrogen) atoms. The number of carbonyl (C=O) groups is 2. The second-order valence-corrected chi connectivity index (χ2v) is 8.63. The van der Waals surface area contributed by atoms with Crippen molar-refractivity contribution >= 4 is 12.0 Å². The van der Waals surface area contributed by atoms with Crippen molar-refractivity contribution in [3.63, 3.8) is 0 Å². The predicted octanol–water partition coefficient (Wildman–Crippen LogP) is 2.00. The fraction of sp³-hybridized carbons (Fsp3) is 0.895. The van der Waals surface area contributed by atoms with Crippen molar-refractivity contribution in [1.82, 2.24) is 15.1 Å². The van der Waals surface area contributed by atoms with Crippen LogP contribution in [0.4, 0.5) is 4.79 Å². The third-order valence-electron chi connectivity index (χ3n) is 4.89. The number of nitrogens with zero attached hydrogens (tertiary/aromatic N) is 2.